The van der Waals surface area contributed by atoms with Crippen LogP contribution in [0.1, 0.15) is 28.8 Å². The highest BCUT2D eigenvalue weighted by atomic mass is 16.6. The summed E-state index contributed by atoms with van der Waals surface area (Å²) in [5.41, 5.74) is 0.836. The van der Waals surface area contributed by atoms with E-state index < -0.39 is 34.9 Å². The van der Waals surface area contributed by atoms with Gasteiger partial charge in [0.05, 0.1) is 10.5 Å². The average molecular weight is 526 g/mol. The number of hydrogen-bond acceptors (Lipinski definition) is 9. The Balaban J connectivity index is 1.97. The highest BCUT2D eigenvalue weighted by molar-refractivity contribution is 5.92. The van der Waals surface area contributed by atoms with Crippen LogP contribution in [0.25, 0.3) is 0 Å². The molecule has 200 valence electrons. The first-order valence-corrected chi connectivity index (χ1v) is 11.4. The minimum Gasteiger partial charge on any atom is -0.460 e. The lowest BCUT2D eigenvalue weighted by Gasteiger charge is -2.17. The van der Waals surface area contributed by atoms with Gasteiger partial charge in [-0.2, -0.15) is 0 Å². The first kappa shape index (κ1) is 29.2. The number of alkyl carbamates (subject to hydrolysis) is 1. The molecule has 2 aromatic carbocycles. The Hall–Kier alpha value is -5.00. The van der Waals surface area contributed by atoms with Crippen molar-refractivity contribution in [3.8, 4) is 0 Å². The van der Waals surface area contributed by atoms with Gasteiger partial charge in [0, 0.05) is 29.8 Å². The number of amides is 2. The number of para-hydroxylation sites is 1. The Morgan fingerprint density at radius 2 is 1.61 bits per heavy atom. The first-order chi connectivity index (χ1) is 18.2. The molecule has 1 atom stereocenters. The van der Waals surface area contributed by atoms with Gasteiger partial charge in [-0.05, 0) is 24.6 Å². The zero-order valence-corrected chi connectivity index (χ0v) is 20.4. The molecule has 2 aromatic rings. The van der Waals surface area contributed by atoms with Gasteiger partial charge in [-0.15, -0.1) is 0 Å². The van der Waals surface area contributed by atoms with Crippen molar-refractivity contribution < 1.29 is 38.3 Å². The number of benzene rings is 2. The third-order valence-corrected chi connectivity index (χ3v) is 4.88. The molecule has 2 amide bonds. The molecule has 38 heavy (non-hydrogen) atoms. The fourth-order valence-electron chi connectivity index (χ4n) is 3.01. The van der Waals surface area contributed by atoms with Crippen molar-refractivity contribution in [1.29, 1.82) is 0 Å². The number of non-ortho nitro benzene ring substituents is 1. The van der Waals surface area contributed by atoms with E-state index in [1.54, 1.807) is 24.3 Å². The van der Waals surface area contributed by atoms with Crippen molar-refractivity contribution in [1.82, 2.24) is 5.32 Å². The van der Waals surface area contributed by atoms with Gasteiger partial charge in [0.2, 0.25) is 5.91 Å². The number of carbonyl (C=O) groups is 4. The van der Waals surface area contributed by atoms with E-state index in [0.717, 1.165) is 0 Å². The van der Waals surface area contributed by atoms with Crippen molar-refractivity contribution in [3.05, 3.63) is 95.1 Å². The lowest BCUT2D eigenvalue weighted by molar-refractivity contribution is -0.384. The highest BCUT2D eigenvalue weighted by Crippen LogP contribution is 2.19. The lowest BCUT2D eigenvalue weighted by atomic mass is 10.1. The molecular formula is C26H27N3O9. The molecule has 0 saturated carbocycles. The quantitative estimate of drug-likeness (QED) is 0.123. The summed E-state index contributed by atoms with van der Waals surface area (Å²) in [5, 5.41) is 15.8. The largest absolute Gasteiger partial charge is 0.460 e. The molecule has 0 aliphatic rings. The van der Waals surface area contributed by atoms with Crippen LogP contribution < -0.4 is 10.6 Å². The Labute approximate surface area is 218 Å². The summed E-state index contributed by atoms with van der Waals surface area (Å²) in [6, 6.07) is 10.4. The molecule has 0 unspecified atom stereocenters. The number of ether oxygens (including phenoxy) is 3. The number of carbonyl (C=O) groups excluding carboxylic acids is 4. The van der Waals surface area contributed by atoms with Gasteiger partial charge in [0.15, 0.2) is 0 Å². The van der Waals surface area contributed by atoms with Crippen molar-refractivity contribution in [2.24, 2.45) is 0 Å². The highest BCUT2D eigenvalue weighted by Gasteiger charge is 2.24. The topological polar surface area (TPSA) is 163 Å². The molecule has 0 aromatic heterocycles. The minimum absolute atomic E-state index is 0.0632. The maximum absolute atomic E-state index is 12.6. The number of nitro benzene ring substituents is 1. The maximum Gasteiger partial charge on any atom is 0.408 e. The summed E-state index contributed by atoms with van der Waals surface area (Å²) in [5.74, 6) is -1.93. The van der Waals surface area contributed by atoms with Gasteiger partial charge >= 0.3 is 18.0 Å². The number of nitro groups is 1. The molecule has 12 nitrogen and oxygen atoms in total. The summed E-state index contributed by atoms with van der Waals surface area (Å²) in [6.07, 6.45) is 1.61. The van der Waals surface area contributed by atoms with Crippen LogP contribution in [0.3, 0.4) is 0 Å². The molecule has 0 saturated heterocycles. The zero-order chi connectivity index (χ0) is 27.9. The normalized spacial score (nSPS) is 10.8. The van der Waals surface area contributed by atoms with Crippen LogP contribution in [0.5, 0.6) is 0 Å². The SMILES string of the molecule is C=CCOC(=O)N[C@@H](CCC(=O)Nc1ccccc1COC(=O)c1ccc([N+](=O)[O-])cc1)C(=O)OCC=C. The molecule has 2 N–H and O–H groups in total. The van der Waals surface area contributed by atoms with Crippen LogP contribution in [-0.4, -0.2) is 48.1 Å². The molecule has 12 heteroatoms. The van der Waals surface area contributed by atoms with Crippen LogP contribution in [0.15, 0.2) is 73.8 Å². The predicted octanol–water partition coefficient (Wildman–Crippen LogP) is 3.68. The van der Waals surface area contributed by atoms with Crippen molar-refractivity contribution in [2.45, 2.75) is 25.5 Å². The predicted molar refractivity (Wildman–Crippen MR) is 136 cm³/mol. The number of nitrogens with zero attached hydrogens (tertiary/aromatic N) is 1. The fourth-order valence-corrected chi connectivity index (χ4v) is 3.01. The molecule has 2 rings (SSSR count). The molecule has 0 aliphatic heterocycles. The first-order valence-electron chi connectivity index (χ1n) is 11.4. The third kappa shape index (κ3) is 9.57. The van der Waals surface area contributed by atoms with E-state index in [1.807, 2.05) is 0 Å². The molecule has 0 heterocycles. The van der Waals surface area contributed by atoms with Gasteiger partial charge in [0.25, 0.3) is 5.69 Å². The standard InChI is InChI=1S/C26H27N3O9/c1-3-15-36-25(32)22(28-26(33)37-16-4-2)13-14-23(30)27-21-8-6-5-7-19(21)17-38-24(31)18-9-11-20(12-10-18)29(34)35/h3-12,22H,1-2,13-17H2,(H,27,30)(H,28,33)/t22-/m0/s1. The van der Waals surface area contributed by atoms with Gasteiger partial charge in [-0.3, -0.25) is 14.9 Å². The Morgan fingerprint density at radius 1 is 0.947 bits per heavy atom. The van der Waals surface area contributed by atoms with Gasteiger partial charge in [-0.1, -0.05) is 43.5 Å². The van der Waals surface area contributed by atoms with E-state index in [0.29, 0.717) is 11.3 Å². The second-order valence-corrected chi connectivity index (χ2v) is 7.63. The zero-order valence-electron chi connectivity index (χ0n) is 20.4. The fraction of sp³-hybridized carbons (Fsp3) is 0.231. The van der Waals surface area contributed by atoms with Crippen LogP contribution in [0.4, 0.5) is 16.2 Å². The number of esters is 2. The monoisotopic (exact) mass is 525 g/mol. The number of nitrogens with one attached hydrogen (secondary N) is 2. The van der Waals surface area contributed by atoms with E-state index in [2.05, 4.69) is 23.8 Å². The summed E-state index contributed by atoms with van der Waals surface area (Å²) < 4.78 is 15.1. The summed E-state index contributed by atoms with van der Waals surface area (Å²) in [6.45, 7) is 6.57. The molecular weight excluding hydrogens is 498 g/mol. The van der Waals surface area contributed by atoms with E-state index in [1.165, 1.54) is 36.4 Å². The average Bonchev–Trinajstić information content (AvgIpc) is 2.92. The Bertz CT molecular complexity index is 1180. The van der Waals surface area contributed by atoms with Crippen LogP contribution in [-0.2, 0) is 30.4 Å². The van der Waals surface area contributed by atoms with Gasteiger partial charge < -0.3 is 24.8 Å². The summed E-state index contributed by atoms with van der Waals surface area (Å²) >= 11 is 0. The van der Waals surface area contributed by atoms with E-state index in [9.17, 15) is 29.3 Å². The third-order valence-electron chi connectivity index (χ3n) is 4.88. The van der Waals surface area contributed by atoms with E-state index >= 15 is 0 Å². The minimum atomic E-state index is -1.14. The van der Waals surface area contributed by atoms with E-state index in [-0.39, 0.29) is 43.9 Å². The second-order valence-electron chi connectivity index (χ2n) is 7.63. The van der Waals surface area contributed by atoms with E-state index in [4.69, 9.17) is 14.2 Å². The lowest BCUT2D eigenvalue weighted by Crippen LogP contribution is -2.42. The van der Waals surface area contributed by atoms with Crippen LogP contribution >= 0.6 is 0 Å². The molecule has 0 spiro atoms. The van der Waals surface area contributed by atoms with Gasteiger partial charge in [0.1, 0.15) is 25.9 Å². The smallest absolute Gasteiger partial charge is 0.408 e. The number of rotatable bonds is 14. The molecule has 0 aliphatic carbocycles. The van der Waals surface area contributed by atoms with Crippen LogP contribution in [0.2, 0.25) is 0 Å². The number of hydrogen-bond donors (Lipinski definition) is 2. The number of anilines is 1. The summed E-state index contributed by atoms with van der Waals surface area (Å²) in [7, 11) is 0. The summed E-state index contributed by atoms with van der Waals surface area (Å²) in [4.78, 5) is 59.3. The van der Waals surface area contributed by atoms with Gasteiger partial charge in [-0.25, -0.2) is 14.4 Å². The maximum atomic E-state index is 12.6. The molecule has 0 radical (unpaired) electrons. The second kappa shape index (κ2) is 15.2. The Kier molecular flexibility index (Phi) is 11.7. The van der Waals surface area contributed by atoms with Crippen molar-refractivity contribution in [3.63, 3.8) is 0 Å². The van der Waals surface area contributed by atoms with Crippen molar-refractivity contribution >= 4 is 35.3 Å². The van der Waals surface area contributed by atoms with Crippen molar-refractivity contribution in [2.75, 3.05) is 18.5 Å². The molecule has 0 fully saturated rings. The molecule has 0 bridgehead atoms. The Morgan fingerprint density at radius 3 is 2.26 bits per heavy atom. The van der Waals surface area contributed by atoms with Crippen LogP contribution in [0, 0.1) is 10.1 Å².